The van der Waals surface area contributed by atoms with E-state index in [-0.39, 0.29) is 11.8 Å². The molecule has 1 fully saturated rings. The molecular weight excluding hydrogens is 228 g/mol. The zero-order valence-corrected chi connectivity index (χ0v) is 11.8. The summed E-state index contributed by atoms with van der Waals surface area (Å²) in [6, 6.07) is 0. The van der Waals surface area contributed by atoms with Crippen molar-refractivity contribution < 1.29 is 9.59 Å². The van der Waals surface area contributed by atoms with Crippen molar-refractivity contribution in [2.75, 3.05) is 26.2 Å². The molecule has 4 heteroatoms. The highest BCUT2D eigenvalue weighted by Crippen LogP contribution is 2.10. The van der Waals surface area contributed by atoms with Crippen molar-refractivity contribution in [3.63, 3.8) is 0 Å². The number of rotatable bonds is 6. The second-order valence-electron chi connectivity index (χ2n) is 5.00. The monoisotopic (exact) mass is 254 g/mol. The third kappa shape index (κ3) is 4.31. The Hall–Kier alpha value is -1.06. The molecule has 4 nitrogen and oxygen atoms in total. The second-order valence-corrected chi connectivity index (χ2v) is 5.00. The number of likely N-dealkylation sites (tertiary alicyclic amines) is 1. The molecule has 0 unspecified atom stereocenters. The molecular formula is C14H26N2O2. The molecule has 0 aromatic heterocycles. The maximum absolute atomic E-state index is 12.2. The van der Waals surface area contributed by atoms with E-state index in [0.717, 1.165) is 64.7 Å². The average molecular weight is 254 g/mol. The Morgan fingerprint density at radius 2 is 1.50 bits per heavy atom. The summed E-state index contributed by atoms with van der Waals surface area (Å²) >= 11 is 0. The Morgan fingerprint density at radius 1 is 1.00 bits per heavy atom. The van der Waals surface area contributed by atoms with Crippen molar-refractivity contribution in [2.45, 2.75) is 52.4 Å². The van der Waals surface area contributed by atoms with Crippen molar-refractivity contribution in [3.8, 4) is 0 Å². The SMILES string of the molecule is CCCCN(CCCC)C(=O)C(=O)N1CCCC1. The van der Waals surface area contributed by atoms with Gasteiger partial charge in [-0.2, -0.15) is 0 Å². The predicted molar refractivity (Wildman–Crippen MR) is 72.2 cm³/mol. The first-order valence-electron chi connectivity index (χ1n) is 7.28. The molecule has 2 amide bonds. The van der Waals surface area contributed by atoms with Crippen molar-refractivity contribution in [1.29, 1.82) is 0 Å². The topological polar surface area (TPSA) is 40.6 Å². The molecule has 1 rings (SSSR count). The minimum atomic E-state index is -0.293. The van der Waals surface area contributed by atoms with E-state index in [9.17, 15) is 9.59 Å². The van der Waals surface area contributed by atoms with Gasteiger partial charge in [-0.3, -0.25) is 9.59 Å². The van der Waals surface area contributed by atoms with Gasteiger partial charge in [0.25, 0.3) is 0 Å². The van der Waals surface area contributed by atoms with Crippen LogP contribution in [-0.2, 0) is 9.59 Å². The van der Waals surface area contributed by atoms with Crippen LogP contribution < -0.4 is 0 Å². The largest absolute Gasteiger partial charge is 0.334 e. The molecule has 0 aliphatic carbocycles. The van der Waals surface area contributed by atoms with Gasteiger partial charge in [-0.1, -0.05) is 26.7 Å². The normalized spacial score (nSPS) is 14.9. The van der Waals surface area contributed by atoms with E-state index in [1.807, 2.05) is 0 Å². The fraction of sp³-hybridized carbons (Fsp3) is 0.857. The highest BCUT2D eigenvalue weighted by molar-refractivity contribution is 6.34. The zero-order chi connectivity index (χ0) is 13.4. The van der Waals surface area contributed by atoms with Crippen LogP contribution in [0.3, 0.4) is 0 Å². The molecule has 104 valence electrons. The van der Waals surface area contributed by atoms with Gasteiger partial charge in [0.2, 0.25) is 0 Å². The first kappa shape index (κ1) is 15.0. The third-order valence-electron chi connectivity index (χ3n) is 3.43. The van der Waals surface area contributed by atoms with Crippen molar-refractivity contribution in [2.24, 2.45) is 0 Å². The molecule has 0 spiro atoms. The number of carbonyl (C=O) groups excluding carboxylic acids is 2. The molecule has 0 saturated carbocycles. The molecule has 0 aromatic rings. The quantitative estimate of drug-likeness (QED) is 0.681. The van der Waals surface area contributed by atoms with Crippen LogP contribution in [0.5, 0.6) is 0 Å². The van der Waals surface area contributed by atoms with Crippen LogP contribution in [0, 0.1) is 0 Å². The number of nitrogens with zero attached hydrogens (tertiary/aromatic N) is 2. The fourth-order valence-electron chi connectivity index (χ4n) is 2.20. The lowest BCUT2D eigenvalue weighted by Gasteiger charge is -2.24. The van der Waals surface area contributed by atoms with E-state index >= 15 is 0 Å². The Bertz CT molecular complexity index is 265. The van der Waals surface area contributed by atoms with Crippen LogP contribution in [0.1, 0.15) is 52.4 Å². The average Bonchev–Trinajstić information content (AvgIpc) is 2.91. The summed E-state index contributed by atoms with van der Waals surface area (Å²) < 4.78 is 0. The number of amides is 2. The van der Waals surface area contributed by atoms with Crippen LogP contribution in [-0.4, -0.2) is 47.8 Å². The maximum atomic E-state index is 12.2. The number of hydrogen-bond donors (Lipinski definition) is 0. The number of hydrogen-bond acceptors (Lipinski definition) is 2. The lowest BCUT2D eigenvalue weighted by molar-refractivity contribution is -0.151. The lowest BCUT2D eigenvalue weighted by Crippen LogP contribution is -2.45. The minimum Gasteiger partial charge on any atom is -0.334 e. The molecule has 0 bridgehead atoms. The first-order valence-corrected chi connectivity index (χ1v) is 7.28. The molecule has 1 saturated heterocycles. The summed E-state index contributed by atoms with van der Waals surface area (Å²) in [5, 5.41) is 0. The molecule has 1 aliphatic rings. The van der Waals surface area contributed by atoms with Gasteiger partial charge < -0.3 is 9.80 Å². The van der Waals surface area contributed by atoms with Crippen LogP contribution in [0.15, 0.2) is 0 Å². The van der Waals surface area contributed by atoms with Gasteiger partial charge in [-0.05, 0) is 25.7 Å². The summed E-state index contributed by atoms with van der Waals surface area (Å²) in [6.07, 6.45) is 6.11. The summed E-state index contributed by atoms with van der Waals surface area (Å²) in [5.41, 5.74) is 0. The van der Waals surface area contributed by atoms with E-state index in [1.165, 1.54) is 0 Å². The summed E-state index contributed by atoms with van der Waals surface area (Å²) in [4.78, 5) is 27.7. The van der Waals surface area contributed by atoms with E-state index in [0.29, 0.717) is 0 Å². The smallest absolute Gasteiger partial charge is 0.312 e. The van der Waals surface area contributed by atoms with Gasteiger partial charge in [0.15, 0.2) is 0 Å². The molecule has 18 heavy (non-hydrogen) atoms. The molecule has 0 N–H and O–H groups in total. The van der Waals surface area contributed by atoms with Crippen molar-refractivity contribution in [1.82, 2.24) is 9.80 Å². The standard InChI is InChI=1S/C14H26N2O2/c1-3-5-9-15(10-6-4-2)13(17)14(18)16-11-7-8-12-16/h3-12H2,1-2H3. The Labute approximate surface area is 110 Å². The molecule has 0 atom stereocenters. The van der Waals surface area contributed by atoms with Gasteiger partial charge in [0.05, 0.1) is 0 Å². The third-order valence-corrected chi connectivity index (χ3v) is 3.43. The summed E-state index contributed by atoms with van der Waals surface area (Å²) in [6.45, 7) is 7.14. The number of carbonyl (C=O) groups is 2. The Balaban J connectivity index is 2.52. The maximum Gasteiger partial charge on any atom is 0.312 e. The van der Waals surface area contributed by atoms with E-state index in [2.05, 4.69) is 13.8 Å². The van der Waals surface area contributed by atoms with Crippen molar-refractivity contribution in [3.05, 3.63) is 0 Å². The molecule has 1 aliphatic heterocycles. The first-order chi connectivity index (χ1) is 8.70. The molecule has 0 aromatic carbocycles. The Kier molecular flexibility index (Phi) is 6.76. The van der Waals surface area contributed by atoms with Crippen LogP contribution in [0.25, 0.3) is 0 Å². The lowest BCUT2D eigenvalue weighted by atomic mass is 10.2. The fourth-order valence-corrected chi connectivity index (χ4v) is 2.20. The Morgan fingerprint density at radius 3 is 1.94 bits per heavy atom. The minimum absolute atomic E-state index is 0.292. The van der Waals surface area contributed by atoms with Gasteiger partial charge in [-0.25, -0.2) is 0 Å². The van der Waals surface area contributed by atoms with Crippen LogP contribution in [0.2, 0.25) is 0 Å². The van der Waals surface area contributed by atoms with E-state index in [4.69, 9.17) is 0 Å². The highest BCUT2D eigenvalue weighted by atomic mass is 16.2. The summed E-state index contributed by atoms with van der Waals surface area (Å²) in [5.74, 6) is -0.585. The molecule has 1 heterocycles. The number of unbranched alkanes of at least 4 members (excludes halogenated alkanes) is 2. The summed E-state index contributed by atoms with van der Waals surface area (Å²) in [7, 11) is 0. The van der Waals surface area contributed by atoms with Crippen LogP contribution >= 0.6 is 0 Å². The molecule has 0 radical (unpaired) electrons. The van der Waals surface area contributed by atoms with Crippen LogP contribution in [0.4, 0.5) is 0 Å². The van der Waals surface area contributed by atoms with E-state index < -0.39 is 0 Å². The van der Waals surface area contributed by atoms with Gasteiger partial charge in [0, 0.05) is 26.2 Å². The van der Waals surface area contributed by atoms with Crippen molar-refractivity contribution >= 4 is 11.8 Å². The van der Waals surface area contributed by atoms with Gasteiger partial charge >= 0.3 is 11.8 Å². The highest BCUT2D eigenvalue weighted by Gasteiger charge is 2.28. The van der Waals surface area contributed by atoms with Gasteiger partial charge in [0.1, 0.15) is 0 Å². The predicted octanol–water partition coefficient (Wildman–Crippen LogP) is 2.04. The van der Waals surface area contributed by atoms with Gasteiger partial charge in [-0.15, -0.1) is 0 Å². The second kappa shape index (κ2) is 8.11. The zero-order valence-electron chi connectivity index (χ0n) is 11.8. The van der Waals surface area contributed by atoms with E-state index in [1.54, 1.807) is 9.80 Å².